The van der Waals surface area contributed by atoms with Crippen molar-refractivity contribution in [2.75, 3.05) is 6.61 Å². The molecule has 0 bridgehead atoms. The molecular formula is C14H10BrFO2. The van der Waals surface area contributed by atoms with Crippen LogP contribution in [-0.2, 0) is 0 Å². The molecule has 0 aliphatic rings. The zero-order chi connectivity index (χ0) is 13.0. The Morgan fingerprint density at radius 2 is 1.89 bits per heavy atom. The Hall–Kier alpha value is -1.68. The molecule has 18 heavy (non-hydrogen) atoms. The molecule has 2 nitrogen and oxygen atoms in total. The summed E-state index contributed by atoms with van der Waals surface area (Å²) in [5, 5.41) is 0. The highest BCUT2D eigenvalue weighted by molar-refractivity contribution is 9.10. The van der Waals surface area contributed by atoms with Gasteiger partial charge >= 0.3 is 0 Å². The molecule has 0 aliphatic carbocycles. The summed E-state index contributed by atoms with van der Waals surface area (Å²) >= 11 is 3.29. The van der Waals surface area contributed by atoms with Gasteiger partial charge in [0.25, 0.3) is 0 Å². The molecule has 0 saturated carbocycles. The Morgan fingerprint density at radius 3 is 2.56 bits per heavy atom. The van der Waals surface area contributed by atoms with Crippen LogP contribution in [0.3, 0.4) is 0 Å². The van der Waals surface area contributed by atoms with Crippen LogP contribution >= 0.6 is 15.9 Å². The van der Waals surface area contributed by atoms with Crippen LogP contribution in [0.15, 0.2) is 53.0 Å². The predicted molar refractivity (Wildman–Crippen MR) is 70.4 cm³/mol. The van der Waals surface area contributed by atoms with Crippen LogP contribution in [0.5, 0.6) is 5.75 Å². The second-order valence-corrected chi connectivity index (χ2v) is 4.59. The van der Waals surface area contributed by atoms with Crippen molar-refractivity contribution in [3.8, 4) is 5.75 Å². The second-order valence-electron chi connectivity index (χ2n) is 3.68. The SMILES string of the molecule is O=C(COc1cccc(F)c1)c1ccc(Br)cc1. The molecule has 2 aromatic rings. The highest BCUT2D eigenvalue weighted by Gasteiger charge is 2.06. The first-order valence-corrected chi connectivity index (χ1v) is 6.11. The fourth-order valence-electron chi connectivity index (χ4n) is 1.42. The normalized spacial score (nSPS) is 10.1. The van der Waals surface area contributed by atoms with E-state index in [0.717, 1.165) is 4.47 Å². The molecule has 4 heteroatoms. The first kappa shape index (κ1) is 12.8. The fourth-order valence-corrected chi connectivity index (χ4v) is 1.69. The number of ketones is 1. The maximum atomic E-state index is 12.9. The third-order valence-corrected chi connectivity index (χ3v) is 2.86. The molecule has 2 rings (SSSR count). The van der Waals surface area contributed by atoms with Gasteiger partial charge in [0.15, 0.2) is 12.4 Å². The van der Waals surface area contributed by atoms with Crippen LogP contribution in [0, 0.1) is 5.82 Å². The fraction of sp³-hybridized carbons (Fsp3) is 0.0714. The summed E-state index contributed by atoms with van der Waals surface area (Å²) < 4.78 is 19.0. The van der Waals surface area contributed by atoms with Crippen molar-refractivity contribution in [3.63, 3.8) is 0 Å². The van der Waals surface area contributed by atoms with Crippen LogP contribution in [-0.4, -0.2) is 12.4 Å². The molecule has 0 atom stereocenters. The third-order valence-electron chi connectivity index (χ3n) is 2.33. The van der Waals surface area contributed by atoms with E-state index in [2.05, 4.69) is 15.9 Å². The summed E-state index contributed by atoms with van der Waals surface area (Å²) in [6.07, 6.45) is 0. The lowest BCUT2D eigenvalue weighted by molar-refractivity contribution is 0.0921. The second kappa shape index (κ2) is 5.78. The summed E-state index contributed by atoms with van der Waals surface area (Å²) in [6, 6.07) is 12.7. The molecule has 0 amide bonds. The first-order chi connectivity index (χ1) is 8.65. The molecule has 0 aliphatic heterocycles. The van der Waals surface area contributed by atoms with Crippen molar-refractivity contribution in [3.05, 3.63) is 64.4 Å². The van der Waals surface area contributed by atoms with Gasteiger partial charge in [-0.25, -0.2) is 4.39 Å². The largest absolute Gasteiger partial charge is 0.485 e. The van der Waals surface area contributed by atoms with Gasteiger partial charge in [-0.1, -0.05) is 34.1 Å². The van der Waals surface area contributed by atoms with E-state index in [0.29, 0.717) is 11.3 Å². The van der Waals surface area contributed by atoms with Gasteiger partial charge in [0, 0.05) is 16.1 Å². The standard InChI is InChI=1S/C14H10BrFO2/c15-11-6-4-10(5-7-11)14(17)9-18-13-3-1-2-12(16)8-13/h1-8H,9H2. The van der Waals surface area contributed by atoms with Gasteiger partial charge in [0.05, 0.1) is 0 Å². The minimum Gasteiger partial charge on any atom is -0.485 e. The molecule has 0 N–H and O–H groups in total. The zero-order valence-corrected chi connectivity index (χ0v) is 11.0. The number of halogens is 2. The van der Waals surface area contributed by atoms with Gasteiger partial charge in [-0.15, -0.1) is 0 Å². The topological polar surface area (TPSA) is 26.3 Å². The van der Waals surface area contributed by atoms with Gasteiger partial charge < -0.3 is 4.74 Å². The highest BCUT2D eigenvalue weighted by atomic mass is 79.9. The number of carbonyl (C=O) groups excluding carboxylic acids is 1. The first-order valence-electron chi connectivity index (χ1n) is 5.32. The Bertz CT molecular complexity index is 552. The van der Waals surface area contributed by atoms with Crippen molar-refractivity contribution in [1.29, 1.82) is 0 Å². The van der Waals surface area contributed by atoms with E-state index in [1.165, 1.54) is 18.2 Å². The van der Waals surface area contributed by atoms with E-state index in [9.17, 15) is 9.18 Å². The van der Waals surface area contributed by atoms with Crippen LogP contribution in [0.1, 0.15) is 10.4 Å². The molecule has 0 radical (unpaired) electrons. The molecule has 0 unspecified atom stereocenters. The van der Waals surface area contributed by atoms with Crippen molar-refractivity contribution in [1.82, 2.24) is 0 Å². The van der Waals surface area contributed by atoms with Gasteiger partial charge in [-0.3, -0.25) is 4.79 Å². The molecule has 0 saturated heterocycles. The monoisotopic (exact) mass is 308 g/mol. The molecule has 0 heterocycles. The van der Waals surface area contributed by atoms with E-state index in [1.54, 1.807) is 30.3 Å². The smallest absolute Gasteiger partial charge is 0.200 e. The number of benzene rings is 2. The Morgan fingerprint density at radius 1 is 1.17 bits per heavy atom. The minimum absolute atomic E-state index is 0.106. The molecule has 0 fully saturated rings. The molecule has 0 spiro atoms. The lowest BCUT2D eigenvalue weighted by atomic mass is 10.1. The van der Waals surface area contributed by atoms with Gasteiger partial charge in [0.2, 0.25) is 0 Å². The number of ether oxygens (including phenoxy) is 1. The van der Waals surface area contributed by atoms with Crippen LogP contribution in [0.2, 0.25) is 0 Å². The highest BCUT2D eigenvalue weighted by Crippen LogP contribution is 2.14. The van der Waals surface area contributed by atoms with Crippen molar-refractivity contribution in [2.45, 2.75) is 0 Å². The maximum absolute atomic E-state index is 12.9. The summed E-state index contributed by atoms with van der Waals surface area (Å²) in [5.41, 5.74) is 0.564. The minimum atomic E-state index is -0.386. The number of hydrogen-bond donors (Lipinski definition) is 0. The average Bonchev–Trinajstić information content (AvgIpc) is 2.37. The average molecular weight is 309 g/mol. The van der Waals surface area contributed by atoms with Gasteiger partial charge in [-0.2, -0.15) is 0 Å². The maximum Gasteiger partial charge on any atom is 0.200 e. The lowest BCUT2D eigenvalue weighted by Crippen LogP contribution is -2.11. The van der Waals surface area contributed by atoms with E-state index < -0.39 is 0 Å². The number of Topliss-reactive ketones (excluding diaryl/α,β-unsaturated/α-hetero) is 1. The van der Waals surface area contributed by atoms with Crippen LogP contribution < -0.4 is 4.74 Å². The zero-order valence-electron chi connectivity index (χ0n) is 9.40. The van der Waals surface area contributed by atoms with Crippen LogP contribution in [0.25, 0.3) is 0 Å². The quantitative estimate of drug-likeness (QED) is 0.802. The Balaban J connectivity index is 1.98. The third kappa shape index (κ3) is 3.40. The molecule has 0 aromatic heterocycles. The van der Waals surface area contributed by atoms with Gasteiger partial charge in [0.1, 0.15) is 11.6 Å². The van der Waals surface area contributed by atoms with Crippen molar-refractivity contribution < 1.29 is 13.9 Å². The summed E-state index contributed by atoms with van der Waals surface area (Å²) in [5.74, 6) is -0.184. The van der Waals surface area contributed by atoms with Crippen LogP contribution in [0.4, 0.5) is 4.39 Å². The summed E-state index contributed by atoms with van der Waals surface area (Å²) in [4.78, 5) is 11.8. The molecule has 92 valence electrons. The van der Waals surface area contributed by atoms with Gasteiger partial charge in [-0.05, 0) is 24.3 Å². The Labute approximate surface area is 113 Å². The summed E-state index contributed by atoms with van der Waals surface area (Å²) in [6.45, 7) is -0.106. The van der Waals surface area contributed by atoms with E-state index in [1.807, 2.05) is 0 Å². The number of carbonyl (C=O) groups is 1. The predicted octanol–water partition coefficient (Wildman–Crippen LogP) is 3.85. The lowest BCUT2D eigenvalue weighted by Gasteiger charge is -2.05. The van der Waals surface area contributed by atoms with Crippen molar-refractivity contribution in [2.24, 2.45) is 0 Å². The number of rotatable bonds is 4. The molecular weight excluding hydrogens is 299 g/mol. The number of hydrogen-bond acceptors (Lipinski definition) is 2. The van der Waals surface area contributed by atoms with E-state index >= 15 is 0 Å². The Kier molecular flexibility index (Phi) is 4.10. The summed E-state index contributed by atoms with van der Waals surface area (Å²) in [7, 11) is 0. The van der Waals surface area contributed by atoms with E-state index in [-0.39, 0.29) is 18.2 Å². The molecule has 2 aromatic carbocycles. The van der Waals surface area contributed by atoms with E-state index in [4.69, 9.17) is 4.74 Å². The van der Waals surface area contributed by atoms with Crippen molar-refractivity contribution >= 4 is 21.7 Å².